The third-order valence-electron chi connectivity index (χ3n) is 4.06. The predicted molar refractivity (Wildman–Crippen MR) is 102 cm³/mol. The lowest BCUT2D eigenvalue weighted by Gasteiger charge is -2.28. The van der Waals surface area contributed by atoms with E-state index in [1.165, 1.54) is 30.3 Å². The van der Waals surface area contributed by atoms with Gasteiger partial charge in [-0.25, -0.2) is 8.42 Å². The van der Waals surface area contributed by atoms with Gasteiger partial charge in [0.25, 0.3) is 15.9 Å². The normalized spacial score (nSPS) is 13.4. The summed E-state index contributed by atoms with van der Waals surface area (Å²) in [7, 11) is -4.03. The number of carboxylic acids is 1. The van der Waals surface area contributed by atoms with E-state index in [1.807, 2.05) is 0 Å². The molecule has 0 saturated carbocycles. The SMILES string of the molecule is NC(=O)Cc1ccc(NS(=O)(=O)c2ccc3c(c2)N(CC(=O)O)C(=O)CO3)cc1. The van der Waals surface area contributed by atoms with Gasteiger partial charge in [-0.3, -0.25) is 24.0 Å². The lowest BCUT2D eigenvalue weighted by atomic mass is 10.1. The quantitative estimate of drug-likeness (QED) is 0.583. The summed E-state index contributed by atoms with van der Waals surface area (Å²) >= 11 is 0. The van der Waals surface area contributed by atoms with E-state index < -0.39 is 34.4 Å². The first-order chi connectivity index (χ1) is 13.7. The van der Waals surface area contributed by atoms with Crippen LogP contribution >= 0.6 is 0 Å². The highest BCUT2D eigenvalue weighted by Gasteiger charge is 2.29. The van der Waals surface area contributed by atoms with Crippen molar-refractivity contribution < 1.29 is 32.6 Å². The van der Waals surface area contributed by atoms with Crippen LogP contribution in [0.3, 0.4) is 0 Å². The second kappa shape index (κ2) is 7.80. The number of anilines is 2. The number of sulfonamides is 1. The molecule has 0 bridgehead atoms. The molecule has 29 heavy (non-hydrogen) atoms. The Morgan fingerprint density at radius 2 is 1.86 bits per heavy atom. The van der Waals surface area contributed by atoms with Gasteiger partial charge in [0.1, 0.15) is 12.3 Å². The van der Waals surface area contributed by atoms with E-state index in [2.05, 4.69) is 4.72 Å². The lowest BCUT2D eigenvalue weighted by molar-refractivity contribution is -0.137. The van der Waals surface area contributed by atoms with Crippen molar-refractivity contribution in [2.75, 3.05) is 22.8 Å². The minimum Gasteiger partial charge on any atom is -0.482 e. The molecule has 0 saturated heterocycles. The van der Waals surface area contributed by atoms with Crippen molar-refractivity contribution in [3.63, 3.8) is 0 Å². The molecule has 152 valence electrons. The summed E-state index contributed by atoms with van der Waals surface area (Å²) in [6, 6.07) is 9.93. The maximum atomic E-state index is 12.7. The van der Waals surface area contributed by atoms with Crippen LogP contribution in [-0.4, -0.2) is 44.5 Å². The van der Waals surface area contributed by atoms with Gasteiger partial charge < -0.3 is 15.6 Å². The average molecular weight is 419 g/mol. The Morgan fingerprint density at radius 3 is 2.48 bits per heavy atom. The number of carbonyl (C=O) groups is 3. The Balaban J connectivity index is 1.88. The molecule has 1 heterocycles. The Hall–Kier alpha value is -3.60. The van der Waals surface area contributed by atoms with Gasteiger partial charge in [0.15, 0.2) is 6.61 Å². The highest BCUT2D eigenvalue weighted by atomic mass is 32.2. The number of ether oxygens (including phenoxy) is 1. The van der Waals surface area contributed by atoms with Gasteiger partial charge in [0.2, 0.25) is 5.91 Å². The highest BCUT2D eigenvalue weighted by molar-refractivity contribution is 7.92. The molecule has 0 aliphatic carbocycles. The van der Waals surface area contributed by atoms with Crippen LogP contribution in [-0.2, 0) is 30.8 Å². The molecule has 2 amide bonds. The maximum Gasteiger partial charge on any atom is 0.323 e. The van der Waals surface area contributed by atoms with Crippen molar-refractivity contribution >= 4 is 39.2 Å². The molecule has 1 aliphatic heterocycles. The molecule has 11 heteroatoms. The third kappa shape index (κ3) is 4.63. The lowest BCUT2D eigenvalue weighted by Crippen LogP contribution is -2.42. The molecule has 3 rings (SSSR count). The van der Waals surface area contributed by atoms with Gasteiger partial charge >= 0.3 is 5.97 Å². The Bertz CT molecular complexity index is 1080. The topological polar surface area (TPSA) is 156 Å². The average Bonchev–Trinajstić information content (AvgIpc) is 2.64. The van der Waals surface area contributed by atoms with Crippen LogP contribution in [0.5, 0.6) is 5.75 Å². The fourth-order valence-corrected chi connectivity index (χ4v) is 3.84. The molecule has 2 aromatic rings. The van der Waals surface area contributed by atoms with E-state index in [0.29, 0.717) is 5.56 Å². The van der Waals surface area contributed by atoms with Crippen LogP contribution in [0, 0.1) is 0 Å². The second-order valence-electron chi connectivity index (χ2n) is 6.24. The number of amides is 2. The van der Waals surface area contributed by atoms with Gasteiger partial charge in [-0.1, -0.05) is 12.1 Å². The van der Waals surface area contributed by atoms with E-state index in [0.717, 1.165) is 4.90 Å². The van der Waals surface area contributed by atoms with Crippen LogP contribution in [0.2, 0.25) is 0 Å². The second-order valence-corrected chi connectivity index (χ2v) is 7.92. The van der Waals surface area contributed by atoms with Crippen LogP contribution in [0.15, 0.2) is 47.4 Å². The summed E-state index contributed by atoms with van der Waals surface area (Å²) < 4.78 is 33.1. The number of nitrogens with zero attached hydrogens (tertiary/aromatic N) is 1. The minimum absolute atomic E-state index is 0.0330. The summed E-state index contributed by atoms with van der Waals surface area (Å²) in [5, 5.41) is 9.02. The Morgan fingerprint density at radius 1 is 1.17 bits per heavy atom. The summed E-state index contributed by atoms with van der Waals surface area (Å²) in [6.45, 7) is -0.949. The fourth-order valence-electron chi connectivity index (χ4n) is 2.76. The van der Waals surface area contributed by atoms with Crippen LogP contribution in [0.25, 0.3) is 0 Å². The van der Waals surface area contributed by atoms with Crippen molar-refractivity contribution in [2.24, 2.45) is 5.73 Å². The van der Waals surface area contributed by atoms with Gasteiger partial charge in [-0.15, -0.1) is 0 Å². The number of hydrogen-bond donors (Lipinski definition) is 3. The van der Waals surface area contributed by atoms with E-state index >= 15 is 0 Å². The molecule has 0 unspecified atom stereocenters. The smallest absolute Gasteiger partial charge is 0.323 e. The Labute approximate surface area is 165 Å². The minimum atomic E-state index is -4.03. The van der Waals surface area contributed by atoms with Crippen molar-refractivity contribution in [3.05, 3.63) is 48.0 Å². The zero-order valence-corrected chi connectivity index (χ0v) is 15.8. The summed E-state index contributed by atoms with van der Waals surface area (Å²) in [4.78, 5) is 34.8. The molecule has 1 aliphatic rings. The molecule has 2 aromatic carbocycles. The standard InChI is InChI=1S/C18H17N3O7S/c19-16(22)7-11-1-3-12(4-2-11)20-29(26,27)13-5-6-15-14(8-13)21(9-18(24)25)17(23)10-28-15/h1-6,8,20H,7,9-10H2,(H2,19,22)(H,24,25). The number of hydrogen-bond acceptors (Lipinski definition) is 6. The fraction of sp³-hybridized carbons (Fsp3) is 0.167. The predicted octanol–water partition coefficient (Wildman–Crippen LogP) is 0.325. The highest BCUT2D eigenvalue weighted by Crippen LogP contribution is 2.34. The van der Waals surface area contributed by atoms with Crippen LogP contribution in [0.1, 0.15) is 5.56 Å². The number of primary amides is 1. The molecule has 0 radical (unpaired) electrons. The zero-order chi connectivity index (χ0) is 21.2. The summed E-state index contributed by atoms with van der Waals surface area (Å²) in [5.41, 5.74) is 6.07. The number of nitrogens with two attached hydrogens (primary N) is 1. The molecule has 0 atom stereocenters. The first-order valence-electron chi connectivity index (χ1n) is 8.35. The maximum absolute atomic E-state index is 12.7. The first-order valence-corrected chi connectivity index (χ1v) is 9.83. The number of fused-ring (bicyclic) bond motifs is 1. The number of nitrogens with one attached hydrogen (secondary N) is 1. The molecular weight excluding hydrogens is 402 g/mol. The van der Waals surface area contributed by atoms with Gasteiger partial charge in [0.05, 0.1) is 17.0 Å². The van der Waals surface area contributed by atoms with Crippen LogP contribution in [0.4, 0.5) is 11.4 Å². The summed E-state index contributed by atoms with van der Waals surface area (Å²) in [6.07, 6.45) is 0.0330. The molecule has 0 aromatic heterocycles. The third-order valence-corrected chi connectivity index (χ3v) is 5.44. The first kappa shape index (κ1) is 20.1. The summed E-state index contributed by atoms with van der Waals surface area (Å²) in [5.74, 6) is -2.13. The van der Waals surface area contributed by atoms with Gasteiger partial charge in [-0.2, -0.15) is 0 Å². The molecule has 0 fully saturated rings. The van der Waals surface area contributed by atoms with Crippen molar-refractivity contribution in [2.45, 2.75) is 11.3 Å². The van der Waals surface area contributed by atoms with E-state index in [-0.39, 0.29) is 35.0 Å². The largest absolute Gasteiger partial charge is 0.482 e. The molecular formula is C18H17N3O7S. The van der Waals surface area contributed by atoms with Gasteiger partial charge in [-0.05, 0) is 35.9 Å². The van der Waals surface area contributed by atoms with E-state index in [4.69, 9.17) is 15.6 Å². The molecule has 10 nitrogen and oxygen atoms in total. The molecule has 4 N–H and O–H groups in total. The monoisotopic (exact) mass is 419 g/mol. The number of carboxylic acid groups (broad SMARTS) is 1. The van der Waals surface area contributed by atoms with E-state index in [9.17, 15) is 22.8 Å². The van der Waals surface area contributed by atoms with Crippen molar-refractivity contribution in [1.29, 1.82) is 0 Å². The number of carbonyl (C=O) groups excluding carboxylic acids is 2. The number of rotatable bonds is 7. The van der Waals surface area contributed by atoms with E-state index in [1.54, 1.807) is 12.1 Å². The number of benzene rings is 2. The zero-order valence-electron chi connectivity index (χ0n) is 15.0. The number of aliphatic carboxylic acids is 1. The van der Waals surface area contributed by atoms with Crippen molar-refractivity contribution in [3.8, 4) is 5.75 Å². The molecule has 0 spiro atoms. The van der Waals surface area contributed by atoms with Crippen molar-refractivity contribution in [1.82, 2.24) is 0 Å². The van der Waals surface area contributed by atoms with Gasteiger partial charge in [0, 0.05) is 5.69 Å². The Kier molecular flexibility index (Phi) is 5.41. The van der Waals surface area contributed by atoms with Crippen LogP contribution < -0.4 is 20.1 Å².